The maximum atomic E-state index is 11.6. The largest absolute Gasteiger partial charge is 0.364 e. The van der Waals surface area contributed by atoms with E-state index in [-0.39, 0.29) is 11.9 Å². The molecular formula is C22H17N7O. The van der Waals surface area contributed by atoms with Gasteiger partial charge in [0.15, 0.2) is 5.82 Å². The van der Waals surface area contributed by atoms with Crippen LogP contribution in [0.4, 0.5) is 17.3 Å². The number of para-hydroxylation sites is 2. The zero-order chi connectivity index (χ0) is 20.5. The first-order chi connectivity index (χ1) is 14.7. The minimum Gasteiger partial charge on any atom is -0.364 e. The minimum atomic E-state index is -0.605. The Balaban J connectivity index is 1.55. The van der Waals surface area contributed by atoms with Gasteiger partial charge in [0, 0.05) is 29.7 Å². The molecule has 1 aliphatic rings. The van der Waals surface area contributed by atoms with Gasteiger partial charge in [-0.1, -0.05) is 42.5 Å². The average molecular weight is 395 g/mol. The molecule has 1 unspecified atom stereocenters. The molecule has 0 bridgehead atoms. The predicted octanol–water partition coefficient (Wildman–Crippen LogP) is 3.29. The van der Waals surface area contributed by atoms with Crippen LogP contribution in [-0.2, 0) is 0 Å². The van der Waals surface area contributed by atoms with E-state index in [1.165, 1.54) is 12.3 Å². The number of carbonyl (C=O) groups is 1. The van der Waals surface area contributed by atoms with Gasteiger partial charge >= 0.3 is 0 Å². The number of hydrogen-bond acceptors (Lipinski definition) is 7. The monoisotopic (exact) mass is 395 g/mol. The lowest BCUT2D eigenvalue weighted by Crippen LogP contribution is -2.26. The summed E-state index contributed by atoms with van der Waals surface area (Å²) in [6.07, 6.45) is 4.75. The SMILES string of the molecule is NC(=O)c1ccnc(N2c3ccccc3NC2c2cnc(-c3ccccc3)nc2)n1. The highest BCUT2D eigenvalue weighted by Crippen LogP contribution is 2.44. The van der Waals surface area contributed by atoms with Gasteiger partial charge in [-0.05, 0) is 18.2 Å². The Labute approximate surface area is 172 Å². The highest BCUT2D eigenvalue weighted by atomic mass is 16.1. The molecule has 5 rings (SSSR count). The maximum Gasteiger partial charge on any atom is 0.267 e. The first-order valence-corrected chi connectivity index (χ1v) is 9.36. The van der Waals surface area contributed by atoms with Gasteiger partial charge in [-0.2, -0.15) is 0 Å². The van der Waals surface area contributed by atoms with Gasteiger partial charge in [-0.25, -0.2) is 19.9 Å². The van der Waals surface area contributed by atoms with Crippen molar-refractivity contribution in [3.05, 3.63) is 90.5 Å². The molecular weight excluding hydrogens is 378 g/mol. The highest BCUT2D eigenvalue weighted by molar-refractivity contribution is 5.91. The molecule has 1 amide bonds. The van der Waals surface area contributed by atoms with E-state index >= 15 is 0 Å². The van der Waals surface area contributed by atoms with E-state index in [2.05, 4.69) is 25.3 Å². The summed E-state index contributed by atoms with van der Waals surface area (Å²) >= 11 is 0. The van der Waals surface area contributed by atoms with Crippen LogP contribution in [0, 0.1) is 0 Å². The summed E-state index contributed by atoms with van der Waals surface area (Å²) in [5, 5.41) is 3.46. The Morgan fingerprint density at radius 3 is 2.43 bits per heavy atom. The van der Waals surface area contributed by atoms with Crippen molar-refractivity contribution in [2.45, 2.75) is 6.17 Å². The number of nitrogens with two attached hydrogens (primary N) is 1. The smallest absolute Gasteiger partial charge is 0.267 e. The molecule has 1 atom stereocenters. The summed E-state index contributed by atoms with van der Waals surface area (Å²) in [4.78, 5) is 31.3. The van der Waals surface area contributed by atoms with Gasteiger partial charge in [-0.3, -0.25) is 9.69 Å². The Bertz CT molecular complexity index is 1210. The van der Waals surface area contributed by atoms with Crippen LogP contribution in [0.1, 0.15) is 22.2 Å². The Morgan fingerprint density at radius 2 is 1.67 bits per heavy atom. The van der Waals surface area contributed by atoms with Crippen LogP contribution in [0.25, 0.3) is 11.4 Å². The number of fused-ring (bicyclic) bond motifs is 1. The standard InChI is InChI=1S/C22H17N7O/c23-19(30)17-10-11-24-22(28-17)29-18-9-5-4-8-16(18)27-21(29)15-12-25-20(26-13-15)14-6-2-1-3-7-14/h1-13,21,27H,(H2,23,30). The number of carbonyl (C=O) groups excluding carboxylic acids is 1. The molecule has 0 spiro atoms. The average Bonchev–Trinajstić information content (AvgIpc) is 3.19. The fraction of sp³-hybridized carbons (Fsp3) is 0.0455. The summed E-state index contributed by atoms with van der Waals surface area (Å²) in [6.45, 7) is 0. The van der Waals surface area contributed by atoms with Gasteiger partial charge in [0.1, 0.15) is 11.9 Å². The quantitative estimate of drug-likeness (QED) is 0.545. The lowest BCUT2D eigenvalue weighted by molar-refractivity contribution is 0.0995. The molecule has 0 aliphatic carbocycles. The molecule has 1 aliphatic heterocycles. The lowest BCUT2D eigenvalue weighted by atomic mass is 10.2. The van der Waals surface area contributed by atoms with Crippen molar-refractivity contribution < 1.29 is 4.79 Å². The van der Waals surface area contributed by atoms with Crippen LogP contribution in [0.3, 0.4) is 0 Å². The van der Waals surface area contributed by atoms with Crippen molar-refractivity contribution in [3.8, 4) is 11.4 Å². The molecule has 30 heavy (non-hydrogen) atoms. The zero-order valence-electron chi connectivity index (χ0n) is 15.8. The topological polar surface area (TPSA) is 110 Å². The van der Waals surface area contributed by atoms with E-state index in [9.17, 15) is 4.79 Å². The fourth-order valence-corrected chi connectivity index (χ4v) is 3.43. The number of nitrogens with zero attached hydrogens (tertiary/aromatic N) is 5. The zero-order valence-corrected chi connectivity index (χ0v) is 15.8. The summed E-state index contributed by atoms with van der Waals surface area (Å²) in [6, 6.07) is 19.1. The van der Waals surface area contributed by atoms with Crippen LogP contribution >= 0.6 is 0 Å². The molecule has 0 radical (unpaired) electrons. The molecule has 8 heteroatoms. The predicted molar refractivity (Wildman–Crippen MR) is 113 cm³/mol. The van der Waals surface area contributed by atoms with Gasteiger partial charge in [0.05, 0.1) is 11.4 Å². The number of amides is 1. The van der Waals surface area contributed by atoms with E-state index < -0.39 is 5.91 Å². The van der Waals surface area contributed by atoms with E-state index in [1.807, 2.05) is 59.5 Å². The van der Waals surface area contributed by atoms with Crippen molar-refractivity contribution in [3.63, 3.8) is 0 Å². The minimum absolute atomic E-state index is 0.152. The summed E-state index contributed by atoms with van der Waals surface area (Å²) in [7, 11) is 0. The first-order valence-electron chi connectivity index (χ1n) is 9.36. The molecule has 8 nitrogen and oxygen atoms in total. The molecule has 2 aromatic heterocycles. The van der Waals surface area contributed by atoms with Crippen LogP contribution < -0.4 is 16.0 Å². The van der Waals surface area contributed by atoms with Crippen LogP contribution in [-0.4, -0.2) is 25.8 Å². The van der Waals surface area contributed by atoms with Crippen LogP contribution in [0.2, 0.25) is 0 Å². The van der Waals surface area contributed by atoms with Gasteiger partial charge in [-0.15, -0.1) is 0 Å². The summed E-state index contributed by atoms with van der Waals surface area (Å²) in [5.41, 5.74) is 9.14. The van der Waals surface area contributed by atoms with E-state index in [0.29, 0.717) is 11.8 Å². The van der Waals surface area contributed by atoms with Crippen molar-refractivity contribution in [2.24, 2.45) is 5.73 Å². The van der Waals surface area contributed by atoms with Crippen molar-refractivity contribution in [1.82, 2.24) is 19.9 Å². The number of anilines is 3. The van der Waals surface area contributed by atoms with Gasteiger partial charge < -0.3 is 11.1 Å². The first kappa shape index (κ1) is 17.7. The summed E-state index contributed by atoms with van der Waals surface area (Å²) in [5.74, 6) is 0.403. The number of hydrogen-bond donors (Lipinski definition) is 2. The normalized spacial score (nSPS) is 14.8. The molecule has 4 aromatic rings. The van der Waals surface area contributed by atoms with Crippen molar-refractivity contribution in [2.75, 3.05) is 10.2 Å². The highest BCUT2D eigenvalue weighted by Gasteiger charge is 2.33. The van der Waals surface area contributed by atoms with E-state index in [1.54, 1.807) is 12.4 Å². The van der Waals surface area contributed by atoms with E-state index in [4.69, 9.17) is 5.73 Å². The van der Waals surface area contributed by atoms with Crippen LogP contribution in [0.15, 0.2) is 79.3 Å². The van der Waals surface area contributed by atoms with Gasteiger partial charge in [0.2, 0.25) is 5.95 Å². The Hall–Kier alpha value is -4.33. The van der Waals surface area contributed by atoms with Crippen molar-refractivity contribution in [1.29, 1.82) is 0 Å². The molecule has 0 saturated heterocycles. The Morgan fingerprint density at radius 1 is 0.933 bits per heavy atom. The third-order valence-electron chi connectivity index (χ3n) is 4.84. The number of nitrogens with one attached hydrogen (secondary N) is 1. The third kappa shape index (κ3) is 3.10. The van der Waals surface area contributed by atoms with Gasteiger partial charge in [0.25, 0.3) is 5.91 Å². The molecule has 3 heterocycles. The second-order valence-corrected chi connectivity index (χ2v) is 6.75. The maximum absolute atomic E-state index is 11.6. The molecule has 146 valence electrons. The number of rotatable bonds is 4. The molecule has 0 fully saturated rings. The fourth-order valence-electron chi connectivity index (χ4n) is 3.43. The number of benzene rings is 2. The Kier molecular flexibility index (Phi) is 4.29. The second-order valence-electron chi connectivity index (χ2n) is 6.75. The molecule has 3 N–H and O–H groups in total. The lowest BCUT2D eigenvalue weighted by Gasteiger charge is -2.25. The molecule has 2 aromatic carbocycles. The van der Waals surface area contributed by atoms with E-state index in [0.717, 1.165) is 22.5 Å². The molecule has 0 saturated carbocycles. The number of primary amides is 1. The second kappa shape index (κ2) is 7.25. The van der Waals surface area contributed by atoms with Crippen LogP contribution in [0.5, 0.6) is 0 Å². The van der Waals surface area contributed by atoms with Crippen molar-refractivity contribution >= 4 is 23.2 Å². The third-order valence-corrected chi connectivity index (χ3v) is 4.84. The number of aromatic nitrogens is 4. The summed E-state index contributed by atoms with van der Waals surface area (Å²) < 4.78 is 0.